The van der Waals surface area contributed by atoms with Crippen LogP contribution in [0, 0.1) is 17.8 Å². The van der Waals surface area contributed by atoms with Gasteiger partial charge in [-0.25, -0.2) is 8.42 Å². The molecule has 0 radical (unpaired) electrons. The monoisotopic (exact) mass is 349 g/mol. The summed E-state index contributed by atoms with van der Waals surface area (Å²) in [6.07, 6.45) is 6.41. The Morgan fingerprint density at radius 1 is 1.21 bits per heavy atom. The van der Waals surface area contributed by atoms with E-state index >= 15 is 0 Å². The van der Waals surface area contributed by atoms with Crippen molar-refractivity contribution in [2.75, 3.05) is 6.54 Å². The molecule has 0 aliphatic heterocycles. The number of sulfone groups is 1. The molecule has 5 heteroatoms. The number of carbonyl (C=O) groups is 1. The van der Waals surface area contributed by atoms with Crippen molar-refractivity contribution in [3.63, 3.8) is 0 Å². The van der Waals surface area contributed by atoms with Gasteiger partial charge < -0.3 is 5.32 Å². The van der Waals surface area contributed by atoms with E-state index in [0.29, 0.717) is 6.54 Å². The molecule has 0 saturated heterocycles. The minimum atomic E-state index is -3.46. The molecule has 2 fully saturated rings. The molecule has 0 spiro atoms. The van der Waals surface area contributed by atoms with Crippen molar-refractivity contribution in [2.24, 2.45) is 17.8 Å². The first-order chi connectivity index (χ1) is 11.4. The lowest BCUT2D eigenvalue weighted by atomic mass is 9.86. The lowest BCUT2D eigenvalue weighted by Crippen LogP contribution is -2.29. The Bertz CT molecular complexity index is 711. The molecule has 2 aliphatic carbocycles. The van der Waals surface area contributed by atoms with Gasteiger partial charge in [-0.15, -0.1) is 0 Å². The average molecular weight is 349 g/mol. The van der Waals surface area contributed by atoms with Crippen molar-refractivity contribution in [1.82, 2.24) is 5.32 Å². The summed E-state index contributed by atoms with van der Waals surface area (Å²) in [5.41, 5.74) is 0.263. The summed E-state index contributed by atoms with van der Waals surface area (Å²) >= 11 is 0. The van der Waals surface area contributed by atoms with Gasteiger partial charge in [0.2, 0.25) is 0 Å². The maximum atomic E-state index is 12.5. The van der Waals surface area contributed by atoms with Gasteiger partial charge in [-0.2, -0.15) is 0 Å². The molecule has 1 aromatic carbocycles. The lowest BCUT2D eigenvalue weighted by molar-refractivity contribution is 0.0946. The van der Waals surface area contributed by atoms with Crippen molar-refractivity contribution in [2.45, 2.75) is 56.1 Å². The van der Waals surface area contributed by atoms with E-state index in [1.54, 1.807) is 32.0 Å². The third-order valence-corrected chi connectivity index (χ3v) is 7.95. The Morgan fingerprint density at radius 2 is 1.96 bits per heavy atom. The van der Waals surface area contributed by atoms with Gasteiger partial charge in [0.05, 0.1) is 15.7 Å². The Balaban J connectivity index is 1.63. The molecule has 3 rings (SSSR count). The highest BCUT2D eigenvalue weighted by Gasteiger charge is 2.38. The summed E-state index contributed by atoms with van der Waals surface area (Å²) in [5, 5.41) is 2.39. The third-order valence-electron chi connectivity index (χ3n) is 5.74. The molecule has 4 nitrogen and oxygen atoms in total. The van der Waals surface area contributed by atoms with E-state index in [1.165, 1.54) is 31.7 Å². The van der Waals surface area contributed by atoms with Crippen LogP contribution in [-0.4, -0.2) is 26.1 Å². The Labute approximate surface area is 145 Å². The number of nitrogens with one attached hydrogen (secondary N) is 1. The molecule has 2 saturated carbocycles. The highest BCUT2D eigenvalue weighted by Crippen LogP contribution is 2.49. The van der Waals surface area contributed by atoms with E-state index in [1.807, 2.05) is 0 Å². The predicted molar refractivity (Wildman–Crippen MR) is 94.7 cm³/mol. The van der Waals surface area contributed by atoms with Crippen LogP contribution in [0.25, 0.3) is 0 Å². The molecular formula is C19H27NO3S. The molecule has 0 heterocycles. The first-order valence-corrected chi connectivity index (χ1v) is 10.6. The van der Waals surface area contributed by atoms with Crippen molar-refractivity contribution in [3.05, 3.63) is 29.8 Å². The summed E-state index contributed by atoms with van der Waals surface area (Å²) in [6, 6.07) is 6.51. The van der Waals surface area contributed by atoms with E-state index in [2.05, 4.69) is 5.32 Å². The number of carbonyl (C=O) groups excluding carboxylic acids is 1. The van der Waals surface area contributed by atoms with Gasteiger partial charge in [-0.05, 0) is 69.4 Å². The smallest absolute Gasteiger partial charge is 0.252 e. The second kappa shape index (κ2) is 6.87. The maximum Gasteiger partial charge on any atom is 0.252 e. The zero-order chi connectivity index (χ0) is 17.3. The van der Waals surface area contributed by atoms with Crippen LogP contribution in [0.4, 0.5) is 0 Å². The van der Waals surface area contributed by atoms with E-state index in [0.717, 1.165) is 24.2 Å². The molecule has 1 amide bonds. The van der Waals surface area contributed by atoms with Crippen molar-refractivity contribution in [1.29, 1.82) is 0 Å². The number of amides is 1. The van der Waals surface area contributed by atoms with Gasteiger partial charge in [0.25, 0.3) is 5.91 Å². The molecule has 3 unspecified atom stereocenters. The largest absolute Gasteiger partial charge is 0.352 e. The third kappa shape index (κ3) is 3.37. The fourth-order valence-electron chi connectivity index (χ4n) is 4.35. The molecule has 132 valence electrons. The maximum absolute atomic E-state index is 12.5. The zero-order valence-corrected chi connectivity index (χ0v) is 15.3. The molecule has 0 aromatic heterocycles. The van der Waals surface area contributed by atoms with E-state index in [4.69, 9.17) is 0 Å². The Morgan fingerprint density at radius 3 is 2.58 bits per heavy atom. The molecule has 24 heavy (non-hydrogen) atoms. The fourth-order valence-corrected chi connectivity index (χ4v) is 5.60. The highest BCUT2D eigenvalue weighted by molar-refractivity contribution is 7.92. The summed E-state index contributed by atoms with van der Waals surface area (Å²) in [6.45, 7) is 3.90. The number of benzene rings is 1. The van der Waals surface area contributed by atoms with Crippen molar-refractivity contribution >= 4 is 15.7 Å². The zero-order valence-electron chi connectivity index (χ0n) is 14.5. The van der Waals surface area contributed by atoms with E-state index in [9.17, 15) is 13.2 Å². The van der Waals surface area contributed by atoms with Gasteiger partial charge in [-0.1, -0.05) is 18.6 Å². The van der Waals surface area contributed by atoms with Crippen LogP contribution in [0.1, 0.15) is 56.3 Å². The quantitative estimate of drug-likeness (QED) is 0.856. The van der Waals surface area contributed by atoms with Crippen LogP contribution in [0.3, 0.4) is 0 Å². The normalized spacial score (nSPS) is 26.0. The highest BCUT2D eigenvalue weighted by atomic mass is 32.2. The lowest BCUT2D eigenvalue weighted by Gasteiger charge is -2.21. The van der Waals surface area contributed by atoms with Gasteiger partial charge in [0.15, 0.2) is 9.84 Å². The van der Waals surface area contributed by atoms with E-state index in [-0.39, 0.29) is 16.4 Å². The molecule has 3 atom stereocenters. The number of hydrogen-bond donors (Lipinski definition) is 1. The predicted octanol–water partition coefficient (Wildman–Crippen LogP) is 3.42. The Kier molecular flexibility index (Phi) is 5.00. The molecule has 1 aromatic rings. The fraction of sp³-hybridized carbons (Fsp3) is 0.632. The summed E-state index contributed by atoms with van der Waals surface area (Å²) in [4.78, 5) is 12.6. The second-order valence-corrected chi connectivity index (χ2v) is 10.0. The standard InChI is InChI=1S/C19H27NO3S/c1-13(2)24(22,23)18-6-4-3-5-17(18)19(21)20-10-9-16-12-14-7-8-15(16)11-14/h3-6,13-16H,7-12H2,1-2H3,(H,20,21). The van der Waals surface area contributed by atoms with Crippen LogP contribution < -0.4 is 5.32 Å². The summed E-state index contributed by atoms with van der Waals surface area (Å²) < 4.78 is 24.9. The number of fused-ring (bicyclic) bond motifs is 2. The van der Waals surface area contributed by atoms with Gasteiger partial charge in [0, 0.05) is 6.54 Å². The molecule has 2 aliphatic rings. The Hall–Kier alpha value is -1.36. The van der Waals surface area contributed by atoms with Gasteiger partial charge in [-0.3, -0.25) is 4.79 Å². The first kappa shape index (κ1) is 17.5. The average Bonchev–Trinajstić information content (AvgIpc) is 3.17. The van der Waals surface area contributed by atoms with Crippen LogP contribution in [0.5, 0.6) is 0 Å². The second-order valence-electron chi connectivity index (χ2n) is 7.57. The summed E-state index contributed by atoms with van der Waals surface area (Å²) in [5.74, 6) is 2.21. The number of hydrogen-bond acceptors (Lipinski definition) is 3. The van der Waals surface area contributed by atoms with E-state index < -0.39 is 15.1 Å². The van der Waals surface area contributed by atoms with Crippen LogP contribution >= 0.6 is 0 Å². The topological polar surface area (TPSA) is 63.2 Å². The number of rotatable bonds is 6. The van der Waals surface area contributed by atoms with Crippen LogP contribution in [0.2, 0.25) is 0 Å². The SMILES string of the molecule is CC(C)S(=O)(=O)c1ccccc1C(=O)NCCC1CC2CCC1C2. The summed E-state index contributed by atoms with van der Waals surface area (Å²) in [7, 11) is -3.46. The minimum absolute atomic E-state index is 0.137. The first-order valence-electron chi connectivity index (χ1n) is 9.00. The van der Waals surface area contributed by atoms with Gasteiger partial charge in [0.1, 0.15) is 0 Å². The molecule has 2 bridgehead atoms. The van der Waals surface area contributed by atoms with Crippen molar-refractivity contribution in [3.8, 4) is 0 Å². The minimum Gasteiger partial charge on any atom is -0.352 e. The van der Waals surface area contributed by atoms with Crippen LogP contribution in [-0.2, 0) is 9.84 Å². The molecular weight excluding hydrogens is 322 g/mol. The van der Waals surface area contributed by atoms with Gasteiger partial charge >= 0.3 is 0 Å². The van der Waals surface area contributed by atoms with Crippen molar-refractivity contribution < 1.29 is 13.2 Å². The molecule has 1 N–H and O–H groups in total. The van der Waals surface area contributed by atoms with Crippen LogP contribution in [0.15, 0.2) is 29.2 Å².